The fraction of sp³-hybridized carbons (Fsp3) is 0.333. The molecule has 4 rings (SSSR count). The smallest absolute Gasteiger partial charge is 0.227 e. The molecule has 0 bridgehead atoms. The number of hydrogen-bond donors (Lipinski definition) is 0. The number of fused-ring (bicyclic) bond motifs is 1. The Bertz CT molecular complexity index is 965. The summed E-state index contributed by atoms with van der Waals surface area (Å²) in [6, 6.07) is 13.6. The van der Waals surface area contributed by atoms with Crippen molar-refractivity contribution in [3.05, 3.63) is 53.1 Å². The van der Waals surface area contributed by atoms with E-state index in [1.807, 2.05) is 54.3 Å². The van der Waals surface area contributed by atoms with Gasteiger partial charge in [0.25, 0.3) is 0 Å². The lowest BCUT2D eigenvalue weighted by Crippen LogP contribution is -2.49. The normalized spacial score (nSPS) is 14.5. The van der Waals surface area contributed by atoms with E-state index in [2.05, 4.69) is 4.90 Å². The zero-order valence-electron chi connectivity index (χ0n) is 15.7. The first-order chi connectivity index (χ1) is 13.6. The van der Waals surface area contributed by atoms with Gasteiger partial charge >= 0.3 is 0 Å². The molecule has 0 N–H and O–H groups in total. The van der Waals surface area contributed by atoms with Gasteiger partial charge in [0.05, 0.1) is 22.8 Å². The number of benzene rings is 2. The highest BCUT2D eigenvalue weighted by atomic mass is 35.5. The van der Waals surface area contributed by atoms with E-state index < -0.39 is 0 Å². The predicted molar refractivity (Wildman–Crippen MR) is 115 cm³/mol. The molecule has 7 heteroatoms. The molecule has 5 nitrogen and oxygen atoms in total. The van der Waals surface area contributed by atoms with Crippen LogP contribution in [-0.2, 0) is 11.2 Å². The van der Waals surface area contributed by atoms with Gasteiger partial charge < -0.3 is 14.5 Å². The molecular formula is C21H22ClN3O2S. The van der Waals surface area contributed by atoms with Crippen LogP contribution in [-0.4, -0.2) is 48.6 Å². The average Bonchev–Trinajstić information content (AvgIpc) is 3.16. The zero-order valence-corrected chi connectivity index (χ0v) is 17.3. The Morgan fingerprint density at radius 2 is 1.89 bits per heavy atom. The molecule has 0 atom stereocenters. The molecule has 0 radical (unpaired) electrons. The van der Waals surface area contributed by atoms with Crippen LogP contribution < -0.4 is 9.64 Å². The lowest BCUT2D eigenvalue weighted by atomic mass is 10.1. The number of nitrogens with zero attached hydrogens (tertiary/aromatic N) is 3. The molecule has 1 aromatic heterocycles. The van der Waals surface area contributed by atoms with E-state index >= 15 is 0 Å². The maximum absolute atomic E-state index is 12.7. The van der Waals surface area contributed by atoms with E-state index in [9.17, 15) is 4.79 Å². The number of carbonyl (C=O) groups is 1. The molecule has 0 aliphatic carbocycles. The van der Waals surface area contributed by atoms with Crippen molar-refractivity contribution >= 4 is 44.2 Å². The second-order valence-corrected chi connectivity index (χ2v) is 8.12. The van der Waals surface area contributed by atoms with Crippen molar-refractivity contribution in [3.8, 4) is 5.75 Å². The molecule has 1 aliphatic heterocycles. The molecule has 0 saturated carbocycles. The summed E-state index contributed by atoms with van der Waals surface area (Å²) in [5, 5.41) is 1.66. The minimum absolute atomic E-state index is 0.163. The van der Waals surface area contributed by atoms with Gasteiger partial charge in [-0.05, 0) is 36.8 Å². The van der Waals surface area contributed by atoms with E-state index in [1.165, 1.54) is 0 Å². The Kier molecular flexibility index (Phi) is 5.69. The largest absolute Gasteiger partial charge is 0.494 e. The number of ether oxygens (including phenoxy) is 1. The van der Waals surface area contributed by atoms with Crippen LogP contribution in [0.1, 0.15) is 12.5 Å². The van der Waals surface area contributed by atoms with Crippen LogP contribution in [0.15, 0.2) is 42.5 Å². The maximum atomic E-state index is 12.7. The van der Waals surface area contributed by atoms with Crippen LogP contribution in [0.2, 0.25) is 5.02 Å². The standard InChI is InChI=1S/C21H22ClN3O2S/c1-2-27-16-8-6-15(7-9-16)14-19(26)24-10-12-25(13-11-24)21-23-20-17(22)4-3-5-18(20)28-21/h3-9H,2,10-14H2,1H3. The number of thiazole rings is 1. The summed E-state index contributed by atoms with van der Waals surface area (Å²) in [4.78, 5) is 21.5. The van der Waals surface area contributed by atoms with E-state index in [0.717, 1.165) is 39.8 Å². The van der Waals surface area contributed by atoms with Gasteiger partial charge in [0.2, 0.25) is 5.91 Å². The minimum Gasteiger partial charge on any atom is -0.494 e. The van der Waals surface area contributed by atoms with E-state index in [4.69, 9.17) is 21.3 Å². The number of anilines is 1. The topological polar surface area (TPSA) is 45.7 Å². The van der Waals surface area contributed by atoms with Crippen molar-refractivity contribution in [1.29, 1.82) is 0 Å². The van der Waals surface area contributed by atoms with Crippen LogP contribution in [0.5, 0.6) is 5.75 Å². The van der Waals surface area contributed by atoms with Gasteiger partial charge in [-0.3, -0.25) is 4.79 Å². The van der Waals surface area contributed by atoms with Crippen molar-refractivity contribution in [2.24, 2.45) is 0 Å². The number of halogens is 1. The van der Waals surface area contributed by atoms with E-state index in [0.29, 0.717) is 31.1 Å². The first-order valence-corrected chi connectivity index (χ1v) is 10.6. The van der Waals surface area contributed by atoms with Crippen LogP contribution in [0.25, 0.3) is 10.2 Å². The van der Waals surface area contributed by atoms with Crippen molar-refractivity contribution in [1.82, 2.24) is 9.88 Å². The highest BCUT2D eigenvalue weighted by Crippen LogP contribution is 2.33. The summed E-state index contributed by atoms with van der Waals surface area (Å²) in [5.74, 6) is 0.999. The molecular weight excluding hydrogens is 394 g/mol. The molecule has 1 fully saturated rings. The van der Waals surface area contributed by atoms with E-state index in [1.54, 1.807) is 11.3 Å². The van der Waals surface area contributed by atoms with Crippen LogP contribution in [0, 0.1) is 0 Å². The van der Waals surface area contributed by atoms with Crippen LogP contribution in [0.3, 0.4) is 0 Å². The average molecular weight is 416 g/mol. The maximum Gasteiger partial charge on any atom is 0.227 e. The Balaban J connectivity index is 1.35. The number of hydrogen-bond acceptors (Lipinski definition) is 5. The van der Waals surface area contributed by atoms with Crippen molar-refractivity contribution in [2.75, 3.05) is 37.7 Å². The Hall–Kier alpha value is -2.31. The van der Waals surface area contributed by atoms with Crippen LogP contribution >= 0.6 is 22.9 Å². The molecule has 3 aromatic rings. The number of carbonyl (C=O) groups excluding carboxylic acids is 1. The monoisotopic (exact) mass is 415 g/mol. The number of aromatic nitrogens is 1. The SMILES string of the molecule is CCOc1ccc(CC(=O)N2CCN(c3nc4c(Cl)cccc4s3)CC2)cc1. The van der Waals surface area contributed by atoms with Crippen molar-refractivity contribution in [2.45, 2.75) is 13.3 Å². The molecule has 1 saturated heterocycles. The van der Waals surface area contributed by atoms with Gasteiger partial charge in [-0.15, -0.1) is 0 Å². The summed E-state index contributed by atoms with van der Waals surface area (Å²) in [6.07, 6.45) is 0.420. The molecule has 146 valence electrons. The highest BCUT2D eigenvalue weighted by Gasteiger charge is 2.23. The van der Waals surface area contributed by atoms with Crippen molar-refractivity contribution < 1.29 is 9.53 Å². The zero-order chi connectivity index (χ0) is 19.5. The van der Waals surface area contributed by atoms with Gasteiger partial charge in [-0.25, -0.2) is 4.98 Å². The third-order valence-corrected chi connectivity index (χ3v) is 6.24. The summed E-state index contributed by atoms with van der Waals surface area (Å²) >= 11 is 7.89. The Labute approximate surface area is 173 Å². The second-order valence-electron chi connectivity index (χ2n) is 6.70. The highest BCUT2D eigenvalue weighted by molar-refractivity contribution is 7.22. The summed E-state index contributed by atoms with van der Waals surface area (Å²) in [7, 11) is 0. The first-order valence-electron chi connectivity index (χ1n) is 9.43. The Morgan fingerprint density at radius 1 is 1.14 bits per heavy atom. The first kappa shape index (κ1) is 19.0. The quantitative estimate of drug-likeness (QED) is 0.625. The van der Waals surface area contributed by atoms with Crippen molar-refractivity contribution in [3.63, 3.8) is 0 Å². The molecule has 2 aromatic carbocycles. The summed E-state index contributed by atoms with van der Waals surface area (Å²) in [5.41, 5.74) is 1.87. The Morgan fingerprint density at radius 3 is 2.57 bits per heavy atom. The number of piperazine rings is 1. The molecule has 0 spiro atoms. The van der Waals surface area contributed by atoms with Gasteiger partial charge in [0.1, 0.15) is 11.3 Å². The lowest BCUT2D eigenvalue weighted by Gasteiger charge is -2.34. The third-order valence-electron chi connectivity index (χ3n) is 4.85. The summed E-state index contributed by atoms with van der Waals surface area (Å²) < 4.78 is 6.55. The molecule has 2 heterocycles. The van der Waals surface area contributed by atoms with Gasteiger partial charge in [0, 0.05) is 26.2 Å². The minimum atomic E-state index is 0.163. The number of rotatable bonds is 5. The van der Waals surface area contributed by atoms with Gasteiger partial charge in [-0.2, -0.15) is 0 Å². The van der Waals surface area contributed by atoms with Gasteiger partial charge in [0.15, 0.2) is 5.13 Å². The fourth-order valence-electron chi connectivity index (χ4n) is 3.34. The van der Waals surface area contributed by atoms with Gasteiger partial charge in [-0.1, -0.05) is 41.1 Å². The second kappa shape index (κ2) is 8.37. The summed E-state index contributed by atoms with van der Waals surface area (Å²) in [6.45, 7) is 5.58. The number of amides is 1. The van der Waals surface area contributed by atoms with E-state index in [-0.39, 0.29) is 5.91 Å². The molecule has 1 amide bonds. The third kappa shape index (κ3) is 4.08. The molecule has 0 unspecified atom stereocenters. The molecule has 1 aliphatic rings. The van der Waals surface area contributed by atoms with Crippen LogP contribution in [0.4, 0.5) is 5.13 Å². The predicted octanol–water partition coefficient (Wildman–Crippen LogP) is 4.24. The fourth-order valence-corrected chi connectivity index (χ4v) is 4.66. The number of para-hydroxylation sites is 1. The lowest BCUT2D eigenvalue weighted by molar-refractivity contribution is -0.130. The molecule has 28 heavy (non-hydrogen) atoms.